The molecule has 0 fully saturated rings. The standard InChI is InChI=1S/C12H7ClF2N2O/c13-8-4-1-3-7(11(8)15)12(18)17-10-6-2-5-9(14)16-10/h1-6H,(H,16,17,18). The van der Waals surface area contributed by atoms with E-state index in [9.17, 15) is 13.6 Å². The maximum absolute atomic E-state index is 13.5. The lowest BCUT2D eigenvalue weighted by Crippen LogP contribution is -2.15. The van der Waals surface area contributed by atoms with E-state index < -0.39 is 17.7 Å². The molecule has 2 aromatic rings. The average molecular weight is 269 g/mol. The van der Waals surface area contributed by atoms with Gasteiger partial charge in [0.15, 0.2) is 5.82 Å². The van der Waals surface area contributed by atoms with Crippen molar-refractivity contribution in [2.75, 3.05) is 5.32 Å². The van der Waals surface area contributed by atoms with Gasteiger partial charge in [0.2, 0.25) is 5.95 Å². The largest absolute Gasteiger partial charge is 0.306 e. The van der Waals surface area contributed by atoms with Crippen LogP contribution in [-0.2, 0) is 0 Å². The van der Waals surface area contributed by atoms with Gasteiger partial charge in [-0.1, -0.05) is 23.7 Å². The Morgan fingerprint density at radius 2 is 1.89 bits per heavy atom. The van der Waals surface area contributed by atoms with Crippen LogP contribution in [0.25, 0.3) is 0 Å². The first-order valence-electron chi connectivity index (χ1n) is 4.96. The lowest BCUT2D eigenvalue weighted by Gasteiger charge is -2.05. The highest BCUT2D eigenvalue weighted by molar-refractivity contribution is 6.31. The highest BCUT2D eigenvalue weighted by Gasteiger charge is 2.14. The molecule has 0 unspecified atom stereocenters. The molecule has 0 aliphatic carbocycles. The molecule has 1 heterocycles. The smallest absolute Gasteiger partial charge is 0.259 e. The number of pyridine rings is 1. The normalized spacial score (nSPS) is 10.2. The van der Waals surface area contributed by atoms with Gasteiger partial charge in [-0.15, -0.1) is 0 Å². The first kappa shape index (κ1) is 12.4. The molecule has 92 valence electrons. The third kappa shape index (κ3) is 2.62. The molecule has 0 bridgehead atoms. The molecule has 1 aromatic heterocycles. The number of hydrogen-bond acceptors (Lipinski definition) is 2. The number of rotatable bonds is 2. The van der Waals surface area contributed by atoms with Crippen LogP contribution in [0, 0.1) is 11.8 Å². The third-order valence-electron chi connectivity index (χ3n) is 2.15. The first-order chi connectivity index (χ1) is 8.58. The quantitative estimate of drug-likeness (QED) is 0.850. The van der Waals surface area contributed by atoms with E-state index in [-0.39, 0.29) is 16.4 Å². The molecule has 18 heavy (non-hydrogen) atoms. The number of carbonyl (C=O) groups is 1. The van der Waals surface area contributed by atoms with Crippen LogP contribution in [0.5, 0.6) is 0 Å². The zero-order valence-electron chi connectivity index (χ0n) is 8.95. The summed E-state index contributed by atoms with van der Waals surface area (Å²) < 4.78 is 26.4. The number of nitrogens with zero attached hydrogens (tertiary/aromatic N) is 1. The minimum Gasteiger partial charge on any atom is -0.306 e. The number of amides is 1. The number of benzene rings is 1. The van der Waals surface area contributed by atoms with Crippen molar-refractivity contribution >= 4 is 23.3 Å². The van der Waals surface area contributed by atoms with Gasteiger partial charge in [0, 0.05) is 0 Å². The second-order valence-electron chi connectivity index (χ2n) is 3.40. The summed E-state index contributed by atoms with van der Waals surface area (Å²) in [6.07, 6.45) is 0. The van der Waals surface area contributed by atoms with Crippen LogP contribution in [0.1, 0.15) is 10.4 Å². The number of halogens is 3. The van der Waals surface area contributed by atoms with Crippen LogP contribution in [0.3, 0.4) is 0 Å². The molecule has 2 rings (SSSR count). The lowest BCUT2D eigenvalue weighted by atomic mass is 10.2. The highest BCUT2D eigenvalue weighted by atomic mass is 35.5. The summed E-state index contributed by atoms with van der Waals surface area (Å²) in [6.45, 7) is 0. The summed E-state index contributed by atoms with van der Waals surface area (Å²) in [6, 6.07) is 7.95. The topological polar surface area (TPSA) is 42.0 Å². The van der Waals surface area contributed by atoms with Gasteiger partial charge in [-0.25, -0.2) is 9.37 Å². The minimum absolute atomic E-state index is 0.000578. The van der Waals surface area contributed by atoms with Crippen molar-refractivity contribution in [3.05, 3.63) is 58.7 Å². The van der Waals surface area contributed by atoms with E-state index in [1.54, 1.807) is 0 Å². The van der Waals surface area contributed by atoms with Gasteiger partial charge < -0.3 is 5.32 Å². The molecule has 0 aliphatic rings. The van der Waals surface area contributed by atoms with E-state index >= 15 is 0 Å². The molecule has 0 aliphatic heterocycles. The van der Waals surface area contributed by atoms with Crippen LogP contribution in [0.15, 0.2) is 36.4 Å². The van der Waals surface area contributed by atoms with Gasteiger partial charge in [0.1, 0.15) is 5.82 Å². The Morgan fingerprint density at radius 1 is 1.17 bits per heavy atom. The van der Waals surface area contributed by atoms with Crippen LogP contribution < -0.4 is 5.32 Å². The maximum atomic E-state index is 13.5. The molecule has 0 saturated carbocycles. The molecule has 1 aromatic carbocycles. The zero-order chi connectivity index (χ0) is 13.1. The summed E-state index contributed by atoms with van der Waals surface area (Å²) in [7, 11) is 0. The monoisotopic (exact) mass is 268 g/mol. The van der Waals surface area contributed by atoms with Gasteiger partial charge in [-0.05, 0) is 24.3 Å². The van der Waals surface area contributed by atoms with E-state index in [0.717, 1.165) is 6.07 Å². The molecule has 6 heteroatoms. The Balaban J connectivity index is 2.25. The van der Waals surface area contributed by atoms with Crippen molar-refractivity contribution in [3.8, 4) is 0 Å². The second-order valence-corrected chi connectivity index (χ2v) is 3.81. The minimum atomic E-state index is -0.826. The van der Waals surface area contributed by atoms with E-state index in [1.165, 1.54) is 30.3 Å². The van der Waals surface area contributed by atoms with Crippen molar-refractivity contribution in [1.29, 1.82) is 0 Å². The van der Waals surface area contributed by atoms with E-state index in [0.29, 0.717) is 0 Å². The van der Waals surface area contributed by atoms with Crippen molar-refractivity contribution in [3.63, 3.8) is 0 Å². The van der Waals surface area contributed by atoms with Gasteiger partial charge in [0.05, 0.1) is 10.6 Å². The lowest BCUT2D eigenvalue weighted by molar-refractivity contribution is 0.102. The Labute approximate surface area is 106 Å². The van der Waals surface area contributed by atoms with Gasteiger partial charge in [-0.3, -0.25) is 4.79 Å². The summed E-state index contributed by atoms with van der Waals surface area (Å²) in [5, 5.41) is 2.12. The first-order valence-corrected chi connectivity index (χ1v) is 5.33. The number of aromatic nitrogens is 1. The Morgan fingerprint density at radius 3 is 2.61 bits per heavy atom. The van der Waals surface area contributed by atoms with E-state index in [4.69, 9.17) is 11.6 Å². The van der Waals surface area contributed by atoms with Gasteiger partial charge in [-0.2, -0.15) is 4.39 Å². The van der Waals surface area contributed by atoms with Crippen LogP contribution in [0.2, 0.25) is 5.02 Å². The van der Waals surface area contributed by atoms with Crippen LogP contribution >= 0.6 is 11.6 Å². The van der Waals surface area contributed by atoms with Crippen molar-refractivity contribution in [2.45, 2.75) is 0 Å². The number of hydrogen-bond donors (Lipinski definition) is 1. The van der Waals surface area contributed by atoms with Crippen LogP contribution in [-0.4, -0.2) is 10.9 Å². The molecule has 1 N–H and O–H groups in total. The van der Waals surface area contributed by atoms with E-state index in [1.807, 2.05) is 0 Å². The second kappa shape index (κ2) is 5.10. The van der Waals surface area contributed by atoms with Crippen LogP contribution in [0.4, 0.5) is 14.6 Å². The van der Waals surface area contributed by atoms with Gasteiger partial charge in [0.25, 0.3) is 5.91 Å². The zero-order valence-corrected chi connectivity index (χ0v) is 9.71. The summed E-state index contributed by atoms with van der Waals surface area (Å²) in [5.74, 6) is -2.31. The van der Waals surface area contributed by atoms with Crippen molar-refractivity contribution in [2.24, 2.45) is 0 Å². The fourth-order valence-corrected chi connectivity index (χ4v) is 1.52. The Bertz CT molecular complexity index is 604. The Hall–Kier alpha value is -2.01. The SMILES string of the molecule is O=C(Nc1cccc(F)n1)c1cccc(Cl)c1F. The molecule has 3 nitrogen and oxygen atoms in total. The highest BCUT2D eigenvalue weighted by Crippen LogP contribution is 2.18. The number of anilines is 1. The number of carbonyl (C=O) groups excluding carboxylic acids is 1. The molecular weight excluding hydrogens is 262 g/mol. The molecular formula is C12H7ClF2N2O. The molecule has 0 saturated heterocycles. The fourth-order valence-electron chi connectivity index (χ4n) is 1.34. The number of nitrogens with one attached hydrogen (secondary N) is 1. The molecule has 0 radical (unpaired) electrons. The summed E-state index contributed by atoms with van der Waals surface area (Å²) in [5.41, 5.74) is -0.228. The van der Waals surface area contributed by atoms with E-state index in [2.05, 4.69) is 10.3 Å². The van der Waals surface area contributed by atoms with Crippen molar-refractivity contribution < 1.29 is 13.6 Å². The molecule has 1 amide bonds. The summed E-state index contributed by atoms with van der Waals surface area (Å²) >= 11 is 5.56. The van der Waals surface area contributed by atoms with Gasteiger partial charge >= 0.3 is 0 Å². The van der Waals surface area contributed by atoms with Crippen molar-refractivity contribution in [1.82, 2.24) is 4.98 Å². The average Bonchev–Trinajstić information content (AvgIpc) is 2.32. The predicted octanol–water partition coefficient (Wildman–Crippen LogP) is 3.27. The Kier molecular flexibility index (Phi) is 3.53. The summed E-state index contributed by atoms with van der Waals surface area (Å²) in [4.78, 5) is 15.2. The predicted molar refractivity (Wildman–Crippen MR) is 63.6 cm³/mol. The maximum Gasteiger partial charge on any atom is 0.259 e. The fraction of sp³-hybridized carbons (Fsp3) is 0. The molecule has 0 atom stereocenters. The third-order valence-corrected chi connectivity index (χ3v) is 2.44. The molecule has 0 spiro atoms.